The first-order valence-corrected chi connectivity index (χ1v) is 9.01. The normalized spacial score (nSPS) is 23.8. The minimum Gasteiger partial charge on any atom is -0.341 e. The molecule has 0 bridgehead atoms. The van der Waals surface area contributed by atoms with Crippen LogP contribution in [-0.2, 0) is 4.79 Å². The van der Waals surface area contributed by atoms with Crippen molar-refractivity contribution in [3.63, 3.8) is 0 Å². The second-order valence-corrected chi connectivity index (χ2v) is 7.26. The molecule has 4 rings (SSSR count). The number of benzene rings is 1. The molecule has 0 saturated carbocycles. The number of hydrogen-bond acceptors (Lipinski definition) is 5. The number of nitrogens with zero attached hydrogens (tertiary/aromatic N) is 3. The van der Waals surface area contributed by atoms with Gasteiger partial charge in [0, 0.05) is 36.6 Å². The van der Waals surface area contributed by atoms with E-state index in [0.717, 1.165) is 31.0 Å². The quantitative estimate of drug-likeness (QED) is 0.848. The number of likely N-dealkylation sites (tertiary alicyclic amines) is 1. The number of hydrogen-bond donors (Lipinski definition) is 0. The molecule has 1 aromatic heterocycles. The third-order valence-corrected chi connectivity index (χ3v) is 5.82. The molecule has 0 N–H and O–H groups in total. The van der Waals surface area contributed by atoms with Crippen LogP contribution in [0.4, 0.5) is 0 Å². The Morgan fingerprint density at radius 2 is 2.26 bits per heavy atom. The van der Waals surface area contributed by atoms with Gasteiger partial charge in [-0.1, -0.05) is 23.4 Å². The molecule has 6 heteroatoms. The summed E-state index contributed by atoms with van der Waals surface area (Å²) in [6, 6.07) is 8.25. The van der Waals surface area contributed by atoms with Gasteiger partial charge in [0.15, 0.2) is 5.82 Å². The molecule has 1 amide bonds. The minimum atomic E-state index is -0.0121. The largest absolute Gasteiger partial charge is 0.341 e. The van der Waals surface area contributed by atoms with E-state index in [1.54, 1.807) is 18.7 Å². The number of rotatable bonds is 2. The lowest BCUT2D eigenvalue weighted by molar-refractivity contribution is -0.133. The van der Waals surface area contributed by atoms with Crippen molar-refractivity contribution in [1.82, 2.24) is 15.0 Å². The summed E-state index contributed by atoms with van der Waals surface area (Å²) < 4.78 is 5.09. The Morgan fingerprint density at radius 3 is 3.09 bits per heavy atom. The first-order chi connectivity index (χ1) is 11.2. The van der Waals surface area contributed by atoms with Crippen molar-refractivity contribution >= 4 is 17.7 Å². The standard InChI is InChI=1S/C17H19N3O2S/c1-11-18-16(19-22-11)12-5-4-8-20(9-12)17(21)14-10-23-15-7-3-2-6-13(14)15/h2-3,6-7,12,14H,4-5,8-10H2,1H3. The van der Waals surface area contributed by atoms with Gasteiger partial charge in [-0.15, -0.1) is 11.8 Å². The summed E-state index contributed by atoms with van der Waals surface area (Å²) in [5, 5.41) is 4.04. The Kier molecular flexibility index (Phi) is 3.85. The van der Waals surface area contributed by atoms with Crippen LogP contribution in [0.15, 0.2) is 33.7 Å². The molecule has 0 aliphatic carbocycles. The number of carbonyl (C=O) groups is 1. The van der Waals surface area contributed by atoms with E-state index in [9.17, 15) is 4.79 Å². The van der Waals surface area contributed by atoms with Gasteiger partial charge >= 0.3 is 0 Å². The maximum atomic E-state index is 13.0. The van der Waals surface area contributed by atoms with Gasteiger partial charge in [0.05, 0.1) is 5.92 Å². The summed E-state index contributed by atoms with van der Waals surface area (Å²) in [5.41, 5.74) is 1.18. The molecule has 5 nitrogen and oxygen atoms in total. The fraction of sp³-hybridized carbons (Fsp3) is 0.471. The molecule has 1 aromatic carbocycles. The topological polar surface area (TPSA) is 59.2 Å². The van der Waals surface area contributed by atoms with Crippen LogP contribution in [0.5, 0.6) is 0 Å². The lowest BCUT2D eigenvalue weighted by atomic mass is 9.94. The number of aromatic nitrogens is 2. The van der Waals surface area contributed by atoms with Gasteiger partial charge < -0.3 is 9.42 Å². The minimum absolute atomic E-state index is 0.0121. The van der Waals surface area contributed by atoms with E-state index in [-0.39, 0.29) is 17.7 Å². The highest BCUT2D eigenvalue weighted by Gasteiger charge is 2.35. The highest BCUT2D eigenvalue weighted by atomic mass is 32.2. The zero-order valence-corrected chi connectivity index (χ0v) is 13.9. The third-order valence-electron chi connectivity index (χ3n) is 4.64. The van der Waals surface area contributed by atoms with Crippen LogP contribution in [0.1, 0.15) is 42.0 Å². The molecular formula is C17H19N3O2S. The van der Waals surface area contributed by atoms with Gasteiger partial charge in [0.25, 0.3) is 0 Å². The molecule has 2 aromatic rings. The Balaban J connectivity index is 1.51. The Morgan fingerprint density at radius 1 is 1.39 bits per heavy atom. The zero-order chi connectivity index (χ0) is 15.8. The van der Waals surface area contributed by atoms with E-state index < -0.39 is 0 Å². The van der Waals surface area contributed by atoms with Crippen molar-refractivity contribution in [2.24, 2.45) is 0 Å². The summed E-state index contributed by atoms with van der Waals surface area (Å²) in [6.45, 7) is 3.32. The summed E-state index contributed by atoms with van der Waals surface area (Å²) in [7, 11) is 0. The lowest BCUT2D eigenvalue weighted by Crippen LogP contribution is -2.42. The van der Waals surface area contributed by atoms with Crippen LogP contribution >= 0.6 is 11.8 Å². The van der Waals surface area contributed by atoms with Crippen molar-refractivity contribution in [3.8, 4) is 0 Å². The van der Waals surface area contributed by atoms with Gasteiger partial charge in [-0.3, -0.25) is 4.79 Å². The van der Waals surface area contributed by atoms with E-state index in [1.165, 1.54) is 10.5 Å². The van der Waals surface area contributed by atoms with E-state index in [4.69, 9.17) is 4.52 Å². The number of thioether (sulfide) groups is 1. The van der Waals surface area contributed by atoms with Crippen LogP contribution in [0.25, 0.3) is 0 Å². The molecule has 1 saturated heterocycles. The fourth-order valence-corrected chi connectivity index (χ4v) is 4.68. The van der Waals surface area contributed by atoms with Crippen LogP contribution < -0.4 is 0 Å². The Labute approximate surface area is 139 Å². The summed E-state index contributed by atoms with van der Waals surface area (Å²) >= 11 is 1.78. The zero-order valence-electron chi connectivity index (χ0n) is 13.1. The molecular weight excluding hydrogens is 310 g/mol. The van der Waals surface area contributed by atoms with Gasteiger partial charge in [-0.05, 0) is 24.5 Å². The Bertz CT molecular complexity index is 730. The fourth-order valence-electron chi connectivity index (χ4n) is 3.46. The highest BCUT2D eigenvalue weighted by Crippen LogP contribution is 2.41. The molecule has 0 spiro atoms. The van der Waals surface area contributed by atoms with E-state index >= 15 is 0 Å². The Hall–Kier alpha value is -1.82. The summed E-state index contributed by atoms with van der Waals surface area (Å²) in [4.78, 5) is 20.6. The van der Waals surface area contributed by atoms with Crippen molar-refractivity contribution in [2.75, 3.05) is 18.8 Å². The highest BCUT2D eigenvalue weighted by molar-refractivity contribution is 7.99. The SMILES string of the molecule is Cc1nc(C2CCCN(C(=O)C3CSc4ccccc43)C2)no1. The van der Waals surface area contributed by atoms with Gasteiger partial charge in [0.1, 0.15) is 0 Å². The van der Waals surface area contributed by atoms with Crippen molar-refractivity contribution in [2.45, 2.75) is 36.5 Å². The van der Waals surface area contributed by atoms with Crippen LogP contribution in [0.2, 0.25) is 0 Å². The van der Waals surface area contributed by atoms with E-state index in [1.807, 2.05) is 17.0 Å². The first-order valence-electron chi connectivity index (χ1n) is 8.03. The lowest BCUT2D eigenvalue weighted by Gasteiger charge is -2.33. The molecule has 3 heterocycles. The second kappa shape index (κ2) is 6.00. The van der Waals surface area contributed by atoms with Gasteiger partial charge in [-0.2, -0.15) is 4.98 Å². The summed E-state index contributed by atoms with van der Waals surface area (Å²) in [6.07, 6.45) is 2.00. The maximum Gasteiger partial charge on any atom is 0.231 e. The van der Waals surface area contributed by atoms with Crippen LogP contribution in [-0.4, -0.2) is 39.8 Å². The average Bonchev–Trinajstić information content (AvgIpc) is 3.20. The number of amides is 1. The molecule has 23 heavy (non-hydrogen) atoms. The number of fused-ring (bicyclic) bond motifs is 1. The number of carbonyl (C=O) groups excluding carboxylic acids is 1. The van der Waals surface area contributed by atoms with Crippen LogP contribution in [0, 0.1) is 6.92 Å². The molecule has 2 unspecified atom stereocenters. The molecule has 2 aliphatic heterocycles. The molecule has 2 aliphatic rings. The third kappa shape index (κ3) is 2.76. The van der Waals surface area contributed by atoms with Crippen LogP contribution in [0.3, 0.4) is 0 Å². The molecule has 120 valence electrons. The van der Waals surface area contributed by atoms with E-state index in [2.05, 4.69) is 22.3 Å². The number of piperidine rings is 1. The van der Waals surface area contributed by atoms with Gasteiger partial charge in [0.2, 0.25) is 11.8 Å². The predicted octanol–water partition coefficient (Wildman–Crippen LogP) is 2.97. The predicted molar refractivity (Wildman–Crippen MR) is 87.5 cm³/mol. The molecule has 2 atom stereocenters. The molecule has 1 fully saturated rings. The molecule has 0 radical (unpaired) electrons. The smallest absolute Gasteiger partial charge is 0.231 e. The maximum absolute atomic E-state index is 13.0. The first kappa shape index (κ1) is 14.8. The van der Waals surface area contributed by atoms with Crippen molar-refractivity contribution < 1.29 is 9.32 Å². The van der Waals surface area contributed by atoms with Crippen molar-refractivity contribution in [1.29, 1.82) is 0 Å². The van der Waals surface area contributed by atoms with Gasteiger partial charge in [-0.25, -0.2) is 0 Å². The number of aryl methyl sites for hydroxylation is 1. The monoisotopic (exact) mass is 329 g/mol. The average molecular weight is 329 g/mol. The second-order valence-electron chi connectivity index (χ2n) is 6.20. The van der Waals surface area contributed by atoms with E-state index in [0.29, 0.717) is 12.4 Å². The summed E-state index contributed by atoms with van der Waals surface area (Å²) in [5.74, 6) is 2.59. The van der Waals surface area contributed by atoms with Crippen molar-refractivity contribution in [3.05, 3.63) is 41.5 Å².